The molecule has 120 valence electrons. The first kappa shape index (κ1) is 14.6. The molecule has 4 rings (SSSR count). The second-order valence-electron chi connectivity index (χ2n) is 7.02. The number of rotatable bonds is 5. The molecule has 0 amide bonds. The van der Waals surface area contributed by atoms with Crippen LogP contribution in [0.5, 0.6) is 0 Å². The van der Waals surface area contributed by atoms with Crippen molar-refractivity contribution in [2.24, 2.45) is 5.92 Å². The lowest BCUT2D eigenvalue weighted by molar-refractivity contribution is -0.123. The van der Waals surface area contributed by atoms with Crippen LogP contribution in [0, 0.1) is 11.7 Å². The predicted molar refractivity (Wildman–Crippen MR) is 82.0 cm³/mol. The molecule has 4 heteroatoms. The highest BCUT2D eigenvalue weighted by molar-refractivity contribution is 5.17. The van der Waals surface area contributed by atoms with Crippen LogP contribution in [0.4, 0.5) is 4.39 Å². The van der Waals surface area contributed by atoms with E-state index in [1.165, 1.54) is 18.9 Å². The summed E-state index contributed by atoms with van der Waals surface area (Å²) in [6.07, 6.45) is 5.14. The quantitative estimate of drug-likeness (QED) is 0.835. The molecule has 0 N–H and O–H groups in total. The highest BCUT2D eigenvalue weighted by atomic mass is 19.1. The van der Waals surface area contributed by atoms with E-state index in [9.17, 15) is 4.39 Å². The number of benzene rings is 1. The molecule has 1 saturated carbocycles. The normalized spacial score (nSPS) is 32.1. The van der Waals surface area contributed by atoms with Crippen molar-refractivity contribution >= 4 is 0 Å². The van der Waals surface area contributed by atoms with Gasteiger partial charge in [0.05, 0.1) is 19.3 Å². The summed E-state index contributed by atoms with van der Waals surface area (Å²) < 4.78 is 25.3. The van der Waals surface area contributed by atoms with Gasteiger partial charge in [-0.3, -0.25) is 4.90 Å². The fourth-order valence-corrected chi connectivity index (χ4v) is 3.74. The molecule has 2 atom stereocenters. The van der Waals surface area contributed by atoms with E-state index in [0.717, 1.165) is 50.7 Å². The SMILES string of the molecule is Fc1cccc(CN2C3COCC2CC(OCC2CC2)C3)c1. The van der Waals surface area contributed by atoms with Crippen LogP contribution in [-0.4, -0.2) is 42.9 Å². The maximum atomic E-state index is 13.4. The zero-order chi connectivity index (χ0) is 14.9. The predicted octanol–water partition coefficient (Wildman–Crippen LogP) is 2.98. The Kier molecular flexibility index (Phi) is 4.16. The van der Waals surface area contributed by atoms with Crippen molar-refractivity contribution in [2.45, 2.75) is 50.4 Å². The van der Waals surface area contributed by atoms with Crippen LogP contribution in [0.2, 0.25) is 0 Å². The summed E-state index contributed by atoms with van der Waals surface area (Å²) in [5, 5.41) is 0. The third kappa shape index (κ3) is 3.34. The van der Waals surface area contributed by atoms with E-state index in [-0.39, 0.29) is 5.82 Å². The van der Waals surface area contributed by atoms with Gasteiger partial charge in [-0.15, -0.1) is 0 Å². The molecule has 3 aliphatic rings. The van der Waals surface area contributed by atoms with Gasteiger partial charge in [0.25, 0.3) is 0 Å². The van der Waals surface area contributed by atoms with E-state index in [2.05, 4.69) is 4.90 Å². The Morgan fingerprint density at radius 2 is 1.95 bits per heavy atom. The van der Waals surface area contributed by atoms with Crippen LogP contribution < -0.4 is 0 Å². The third-order valence-electron chi connectivity index (χ3n) is 5.15. The maximum absolute atomic E-state index is 13.4. The molecule has 2 saturated heterocycles. The number of nitrogens with zero attached hydrogens (tertiary/aromatic N) is 1. The van der Waals surface area contributed by atoms with Gasteiger partial charge in [-0.25, -0.2) is 4.39 Å². The van der Waals surface area contributed by atoms with Gasteiger partial charge in [-0.1, -0.05) is 12.1 Å². The van der Waals surface area contributed by atoms with Crippen LogP contribution >= 0.6 is 0 Å². The lowest BCUT2D eigenvalue weighted by Crippen LogP contribution is -2.57. The minimum absolute atomic E-state index is 0.151. The van der Waals surface area contributed by atoms with Gasteiger partial charge in [0.2, 0.25) is 0 Å². The van der Waals surface area contributed by atoms with Crippen molar-refractivity contribution in [3.05, 3.63) is 35.6 Å². The van der Waals surface area contributed by atoms with Crippen molar-refractivity contribution in [2.75, 3.05) is 19.8 Å². The second-order valence-corrected chi connectivity index (χ2v) is 7.02. The van der Waals surface area contributed by atoms with Crippen molar-refractivity contribution in [3.63, 3.8) is 0 Å². The Labute approximate surface area is 131 Å². The Balaban J connectivity index is 1.40. The molecule has 2 aliphatic heterocycles. The molecular formula is C18H24FNO2. The zero-order valence-corrected chi connectivity index (χ0v) is 12.9. The molecule has 0 spiro atoms. The Hall–Kier alpha value is -0.970. The van der Waals surface area contributed by atoms with Crippen molar-refractivity contribution in [1.29, 1.82) is 0 Å². The molecule has 2 unspecified atom stereocenters. The van der Waals surface area contributed by atoms with Gasteiger partial charge in [0.15, 0.2) is 0 Å². The zero-order valence-electron chi connectivity index (χ0n) is 12.9. The largest absolute Gasteiger partial charge is 0.378 e. The molecule has 22 heavy (non-hydrogen) atoms. The third-order valence-corrected chi connectivity index (χ3v) is 5.15. The summed E-state index contributed by atoms with van der Waals surface area (Å²) in [7, 11) is 0. The van der Waals surface area contributed by atoms with Gasteiger partial charge in [-0.2, -0.15) is 0 Å². The molecule has 0 aromatic heterocycles. The second kappa shape index (κ2) is 6.26. The van der Waals surface area contributed by atoms with Gasteiger partial charge in [0.1, 0.15) is 5.82 Å². The maximum Gasteiger partial charge on any atom is 0.123 e. The number of ether oxygens (including phenoxy) is 2. The molecule has 2 bridgehead atoms. The molecule has 3 fully saturated rings. The van der Waals surface area contributed by atoms with Gasteiger partial charge in [0, 0.05) is 25.2 Å². The first-order valence-electron chi connectivity index (χ1n) is 8.47. The Morgan fingerprint density at radius 3 is 2.64 bits per heavy atom. The summed E-state index contributed by atoms with van der Waals surface area (Å²) in [5.41, 5.74) is 1.05. The molecule has 1 aromatic rings. The van der Waals surface area contributed by atoms with Gasteiger partial charge < -0.3 is 9.47 Å². The fourth-order valence-electron chi connectivity index (χ4n) is 3.74. The standard InChI is InChI=1S/C18H24FNO2/c19-15-3-1-2-14(6-15)9-20-16-7-18(22-10-13-4-5-13)8-17(20)12-21-11-16/h1-3,6,13,16-18H,4-5,7-12H2. The first-order chi connectivity index (χ1) is 10.8. The van der Waals surface area contributed by atoms with Crippen LogP contribution in [-0.2, 0) is 16.0 Å². The number of hydrogen-bond acceptors (Lipinski definition) is 3. The summed E-state index contributed by atoms with van der Waals surface area (Å²) in [6, 6.07) is 7.76. The topological polar surface area (TPSA) is 21.7 Å². The minimum Gasteiger partial charge on any atom is -0.378 e. The number of halogens is 1. The Morgan fingerprint density at radius 1 is 1.18 bits per heavy atom. The van der Waals surface area contributed by atoms with E-state index in [1.807, 2.05) is 6.07 Å². The lowest BCUT2D eigenvalue weighted by atomic mass is 9.91. The molecule has 3 nitrogen and oxygen atoms in total. The molecular weight excluding hydrogens is 281 g/mol. The lowest BCUT2D eigenvalue weighted by Gasteiger charge is -2.48. The van der Waals surface area contributed by atoms with E-state index in [0.29, 0.717) is 18.2 Å². The number of morpholine rings is 1. The molecule has 1 aromatic carbocycles. The molecule has 1 aliphatic carbocycles. The average Bonchev–Trinajstić information content (AvgIpc) is 3.29. The van der Waals surface area contributed by atoms with E-state index >= 15 is 0 Å². The van der Waals surface area contributed by atoms with Crippen molar-refractivity contribution in [1.82, 2.24) is 4.90 Å². The van der Waals surface area contributed by atoms with E-state index in [4.69, 9.17) is 9.47 Å². The average molecular weight is 305 g/mol. The number of hydrogen-bond donors (Lipinski definition) is 0. The van der Waals surface area contributed by atoms with E-state index in [1.54, 1.807) is 12.1 Å². The molecule has 2 heterocycles. The smallest absolute Gasteiger partial charge is 0.123 e. The fraction of sp³-hybridized carbons (Fsp3) is 0.667. The first-order valence-corrected chi connectivity index (χ1v) is 8.47. The minimum atomic E-state index is -0.151. The van der Waals surface area contributed by atoms with Crippen LogP contribution in [0.15, 0.2) is 24.3 Å². The highest BCUT2D eigenvalue weighted by Crippen LogP contribution is 2.34. The number of piperidine rings is 1. The monoisotopic (exact) mass is 305 g/mol. The summed E-state index contributed by atoms with van der Waals surface area (Å²) in [4.78, 5) is 2.50. The molecule has 0 radical (unpaired) electrons. The highest BCUT2D eigenvalue weighted by Gasteiger charge is 2.39. The van der Waals surface area contributed by atoms with Gasteiger partial charge in [-0.05, 0) is 49.3 Å². The van der Waals surface area contributed by atoms with Crippen molar-refractivity contribution in [3.8, 4) is 0 Å². The van der Waals surface area contributed by atoms with Gasteiger partial charge >= 0.3 is 0 Å². The van der Waals surface area contributed by atoms with Crippen LogP contribution in [0.25, 0.3) is 0 Å². The van der Waals surface area contributed by atoms with Crippen LogP contribution in [0.1, 0.15) is 31.2 Å². The summed E-state index contributed by atoms with van der Waals surface area (Å²) in [5.74, 6) is 0.669. The Bertz CT molecular complexity index is 506. The summed E-state index contributed by atoms with van der Waals surface area (Å²) in [6.45, 7) is 3.30. The van der Waals surface area contributed by atoms with E-state index < -0.39 is 0 Å². The van der Waals surface area contributed by atoms with Crippen LogP contribution in [0.3, 0.4) is 0 Å². The summed E-state index contributed by atoms with van der Waals surface area (Å²) >= 11 is 0. The number of fused-ring (bicyclic) bond motifs is 2. The van der Waals surface area contributed by atoms with Crippen molar-refractivity contribution < 1.29 is 13.9 Å².